The average Bonchev–Trinajstić information content (AvgIpc) is 2.25. The Balaban J connectivity index is 3.39. The number of aromatic nitrogens is 1. The number of nitrogens with two attached hydrogens (primary N) is 1. The van der Waals surface area contributed by atoms with Crippen molar-refractivity contribution >= 4 is 5.69 Å². The predicted octanol–water partition coefficient (Wildman–Crippen LogP) is 1.36. The Morgan fingerprint density at radius 1 is 1.56 bits per heavy atom. The number of ether oxygens (including phenoxy) is 2. The Labute approximate surface area is 98.5 Å². The van der Waals surface area contributed by atoms with Crippen molar-refractivity contribution in [2.45, 2.75) is 12.9 Å². The summed E-state index contributed by atoms with van der Waals surface area (Å²) in [5, 5.41) is 10.8. The SMILES string of the molecule is COc1c(CN)ncc(OC(F)(F)F)c1[N+](=O)[O-]. The van der Waals surface area contributed by atoms with Crippen LogP contribution in [0.2, 0.25) is 0 Å². The second-order valence-electron chi connectivity index (χ2n) is 2.96. The molecule has 0 amide bonds. The summed E-state index contributed by atoms with van der Waals surface area (Å²) in [5.74, 6) is -1.51. The van der Waals surface area contributed by atoms with Crippen LogP contribution < -0.4 is 15.2 Å². The molecule has 0 atom stereocenters. The average molecular weight is 267 g/mol. The van der Waals surface area contributed by atoms with E-state index in [0.29, 0.717) is 6.20 Å². The van der Waals surface area contributed by atoms with E-state index >= 15 is 0 Å². The summed E-state index contributed by atoms with van der Waals surface area (Å²) in [6, 6.07) is 0. The van der Waals surface area contributed by atoms with Gasteiger partial charge in [0.15, 0.2) is 0 Å². The predicted molar refractivity (Wildman–Crippen MR) is 52.0 cm³/mol. The first kappa shape index (κ1) is 14.0. The topological polar surface area (TPSA) is 101 Å². The number of nitrogens with zero attached hydrogens (tertiary/aromatic N) is 2. The van der Waals surface area contributed by atoms with Crippen LogP contribution in [0.5, 0.6) is 11.5 Å². The first-order valence-corrected chi connectivity index (χ1v) is 4.46. The van der Waals surface area contributed by atoms with Crippen molar-refractivity contribution in [3.63, 3.8) is 0 Å². The molecule has 0 saturated heterocycles. The van der Waals surface area contributed by atoms with E-state index in [1.54, 1.807) is 0 Å². The van der Waals surface area contributed by atoms with E-state index in [-0.39, 0.29) is 12.2 Å². The molecule has 0 saturated carbocycles. The summed E-state index contributed by atoms with van der Waals surface area (Å²) in [7, 11) is 1.06. The highest BCUT2D eigenvalue weighted by Gasteiger charge is 2.37. The third kappa shape index (κ3) is 2.97. The monoisotopic (exact) mass is 267 g/mol. The maximum absolute atomic E-state index is 12.1. The number of nitro groups is 1. The van der Waals surface area contributed by atoms with Crippen LogP contribution in [0.4, 0.5) is 18.9 Å². The lowest BCUT2D eigenvalue weighted by Gasteiger charge is -2.12. The van der Waals surface area contributed by atoms with Crippen LogP contribution in [0.3, 0.4) is 0 Å². The molecule has 1 aromatic rings. The summed E-state index contributed by atoms with van der Waals surface area (Å²) in [6.45, 7) is -0.226. The molecule has 10 heteroatoms. The summed E-state index contributed by atoms with van der Waals surface area (Å²) < 4.78 is 44.4. The number of halogens is 3. The fraction of sp³-hybridized carbons (Fsp3) is 0.375. The Morgan fingerprint density at radius 3 is 2.56 bits per heavy atom. The zero-order valence-electron chi connectivity index (χ0n) is 9.02. The molecule has 1 heterocycles. The summed E-state index contributed by atoms with van der Waals surface area (Å²) in [6.07, 6.45) is -4.49. The van der Waals surface area contributed by atoms with Crippen molar-refractivity contribution in [2.75, 3.05) is 7.11 Å². The van der Waals surface area contributed by atoms with Gasteiger partial charge in [0, 0.05) is 6.54 Å². The third-order valence-electron chi connectivity index (χ3n) is 1.85. The van der Waals surface area contributed by atoms with Gasteiger partial charge in [-0.1, -0.05) is 0 Å². The van der Waals surface area contributed by atoms with Gasteiger partial charge in [0.2, 0.25) is 11.5 Å². The molecule has 7 nitrogen and oxygen atoms in total. The van der Waals surface area contributed by atoms with Gasteiger partial charge >= 0.3 is 12.0 Å². The minimum Gasteiger partial charge on any atom is -0.489 e. The molecule has 0 unspecified atom stereocenters. The quantitative estimate of drug-likeness (QED) is 0.652. The highest BCUT2D eigenvalue weighted by molar-refractivity contribution is 5.58. The zero-order valence-corrected chi connectivity index (χ0v) is 9.02. The van der Waals surface area contributed by atoms with E-state index in [1.807, 2.05) is 0 Å². The smallest absolute Gasteiger partial charge is 0.489 e. The van der Waals surface area contributed by atoms with Gasteiger partial charge in [0.25, 0.3) is 0 Å². The first-order valence-electron chi connectivity index (χ1n) is 4.46. The Hall–Kier alpha value is -2.10. The van der Waals surface area contributed by atoms with Gasteiger partial charge < -0.3 is 15.2 Å². The van der Waals surface area contributed by atoms with Gasteiger partial charge in [0.1, 0.15) is 5.69 Å². The van der Waals surface area contributed by atoms with Crippen molar-refractivity contribution in [2.24, 2.45) is 5.73 Å². The largest absolute Gasteiger partial charge is 0.573 e. The lowest BCUT2D eigenvalue weighted by molar-refractivity contribution is -0.389. The zero-order chi connectivity index (χ0) is 13.9. The van der Waals surface area contributed by atoms with Crippen molar-refractivity contribution in [3.05, 3.63) is 22.0 Å². The molecule has 0 aromatic carbocycles. The molecular formula is C8H8F3N3O4. The van der Waals surface area contributed by atoms with E-state index in [1.165, 1.54) is 0 Å². The molecule has 0 aliphatic carbocycles. The van der Waals surface area contributed by atoms with E-state index in [9.17, 15) is 23.3 Å². The van der Waals surface area contributed by atoms with Gasteiger partial charge in [-0.3, -0.25) is 15.1 Å². The Kier molecular flexibility index (Phi) is 3.91. The normalized spacial score (nSPS) is 11.2. The minimum atomic E-state index is -5.07. The molecule has 2 N–H and O–H groups in total. The second kappa shape index (κ2) is 5.04. The molecule has 18 heavy (non-hydrogen) atoms. The maximum Gasteiger partial charge on any atom is 0.573 e. The van der Waals surface area contributed by atoms with Gasteiger partial charge in [-0.25, -0.2) is 0 Å². The fourth-order valence-electron chi connectivity index (χ4n) is 1.24. The summed E-state index contributed by atoms with van der Waals surface area (Å²) in [5.41, 5.74) is 4.23. The number of pyridine rings is 1. The lowest BCUT2D eigenvalue weighted by atomic mass is 10.2. The molecule has 0 aliphatic heterocycles. The van der Waals surface area contributed by atoms with Crippen LogP contribution >= 0.6 is 0 Å². The van der Waals surface area contributed by atoms with E-state index in [4.69, 9.17) is 5.73 Å². The van der Waals surface area contributed by atoms with Gasteiger partial charge in [-0.15, -0.1) is 13.2 Å². The Morgan fingerprint density at radius 2 is 2.17 bits per heavy atom. The van der Waals surface area contributed by atoms with Gasteiger partial charge in [-0.2, -0.15) is 0 Å². The third-order valence-corrected chi connectivity index (χ3v) is 1.85. The van der Waals surface area contributed by atoms with Crippen LogP contribution in [0.25, 0.3) is 0 Å². The van der Waals surface area contributed by atoms with Crippen molar-refractivity contribution in [1.82, 2.24) is 4.98 Å². The van der Waals surface area contributed by atoms with E-state index in [2.05, 4.69) is 14.5 Å². The van der Waals surface area contributed by atoms with Crippen LogP contribution in [0.1, 0.15) is 5.69 Å². The highest BCUT2D eigenvalue weighted by Crippen LogP contribution is 2.40. The fourth-order valence-corrected chi connectivity index (χ4v) is 1.24. The molecule has 0 radical (unpaired) electrons. The number of alkyl halides is 3. The maximum atomic E-state index is 12.1. The second-order valence-corrected chi connectivity index (χ2v) is 2.96. The molecule has 0 fully saturated rings. The summed E-state index contributed by atoms with van der Waals surface area (Å²) in [4.78, 5) is 13.2. The van der Waals surface area contributed by atoms with E-state index < -0.39 is 28.5 Å². The number of hydrogen-bond donors (Lipinski definition) is 1. The van der Waals surface area contributed by atoms with Crippen LogP contribution in [0.15, 0.2) is 6.20 Å². The van der Waals surface area contributed by atoms with Crippen molar-refractivity contribution in [3.8, 4) is 11.5 Å². The Bertz CT molecular complexity index is 464. The molecule has 1 aromatic heterocycles. The van der Waals surface area contributed by atoms with Gasteiger partial charge in [-0.05, 0) is 0 Å². The first-order chi connectivity index (χ1) is 8.30. The number of rotatable bonds is 4. The van der Waals surface area contributed by atoms with Crippen LogP contribution in [-0.4, -0.2) is 23.4 Å². The molecule has 1 rings (SSSR count). The standard InChI is InChI=1S/C8H8F3N3O4/c1-17-7-4(2-12)13-3-5(6(7)14(15)16)18-8(9,10)11/h3H,2,12H2,1H3. The minimum absolute atomic E-state index is 0.0428. The highest BCUT2D eigenvalue weighted by atomic mass is 19.4. The van der Waals surface area contributed by atoms with Crippen LogP contribution in [-0.2, 0) is 6.54 Å². The molecule has 0 aliphatic rings. The number of methoxy groups -OCH3 is 1. The van der Waals surface area contributed by atoms with Crippen molar-refractivity contribution in [1.29, 1.82) is 0 Å². The van der Waals surface area contributed by atoms with Crippen molar-refractivity contribution < 1.29 is 27.6 Å². The van der Waals surface area contributed by atoms with E-state index in [0.717, 1.165) is 7.11 Å². The molecule has 0 spiro atoms. The molecule has 0 bridgehead atoms. The lowest BCUT2D eigenvalue weighted by Crippen LogP contribution is -2.19. The molecular weight excluding hydrogens is 259 g/mol. The summed E-state index contributed by atoms with van der Waals surface area (Å²) >= 11 is 0. The molecule has 100 valence electrons. The van der Waals surface area contributed by atoms with Crippen LogP contribution in [0, 0.1) is 10.1 Å². The van der Waals surface area contributed by atoms with Gasteiger partial charge in [0.05, 0.1) is 18.2 Å². The number of hydrogen-bond acceptors (Lipinski definition) is 6.